The normalized spacial score (nSPS) is 18.2. The molecule has 1 aromatic carbocycles. The van der Waals surface area contributed by atoms with Gasteiger partial charge in [-0.3, -0.25) is 19.3 Å². The van der Waals surface area contributed by atoms with E-state index in [0.717, 1.165) is 4.90 Å². The van der Waals surface area contributed by atoms with Gasteiger partial charge in [0.15, 0.2) is 12.4 Å². The van der Waals surface area contributed by atoms with Crippen LogP contribution in [0.25, 0.3) is 0 Å². The van der Waals surface area contributed by atoms with Gasteiger partial charge in [0, 0.05) is 51.5 Å². The minimum atomic E-state index is -1.18. The van der Waals surface area contributed by atoms with Crippen LogP contribution in [0, 0.1) is 0 Å². The van der Waals surface area contributed by atoms with Gasteiger partial charge >= 0.3 is 5.97 Å². The summed E-state index contributed by atoms with van der Waals surface area (Å²) in [6.07, 6.45) is 3.54. The van der Waals surface area contributed by atoms with Crippen LogP contribution < -0.4 is 20.9 Å². The molecule has 2 aromatic rings. The molecule has 4 rings (SSSR count). The van der Waals surface area contributed by atoms with Gasteiger partial charge in [0.1, 0.15) is 17.1 Å². The average molecular weight is 644 g/mol. The topological polar surface area (TPSA) is 146 Å². The number of carboxylic acids is 1. The Morgan fingerprint density at radius 1 is 1.15 bits per heavy atom. The number of aromatic nitrogens is 1. The highest BCUT2D eigenvalue weighted by Crippen LogP contribution is 2.41. The molecule has 3 heterocycles. The molecule has 2 atom stereocenters. The summed E-state index contributed by atoms with van der Waals surface area (Å²) in [4.78, 5) is 52.3. The molecule has 0 bridgehead atoms. The van der Waals surface area contributed by atoms with Gasteiger partial charge < -0.3 is 21.5 Å². The maximum absolute atomic E-state index is 12.9. The molecule has 2 aliphatic rings. The minimum absolute atomic E-state index is 0.0280. The molecule has 40 heavy (non-hydrogen) atoms. The lowest BCUT2D eigenvalue weighted by molar-refractivity contribution is -0.684. The van der Waals surface area contributed by atoms with E-state index in [1.165, 1.54) is 40.2 Å². The summed E-state index contributed by atoms with van der Waals surface area (Å²) in [6, 6.07) is 7.84. The second-order valence-corrected chi connectivity index (χ2v) is 12.7. The van der Waals surface area contributed by atoms with E-state index in [9.17, 15) is 24.3 Å². The summed E-state index contributed by atoms with van der Waals surface area (Å²) >= 11 is 16.2. The van der Waals surface area contributed by atoms with Crippen molar-refractivity contribution in [1.82, 2.24) is 15.5 Å². The summed E-state index contributed by atoms with van der Waals surface area (Å²) in [7, 11) is 0. The minimum Gasteiger partial charge on any atom is -0.477 e. The summed E-state index contributed by atoms with van der Waals surface area (Å²) in [5.74, 6) is -1.32. The first kappa shape index (κ1) is 30.5. The standard InChI is InChI=1S/C25H25Cl2N5O5S3/c26-15-1-2-17(27)18(9-15)39-13-20(34)30-21-23(35)32-22(25(36)37)14(12-40-24(21)32)11-38-16-3-7-31(8-4-16)10-19(33)29-6-5-28/h1-4,7-9,21,24H,5-6,10-13,28H2,(H2-,29,30,33,34,36,37)/p+1/t21-,24+/m0/s1. The quantitative estimate of drug-likeness (QED) is 0.155. The Morgan fingerprint density at radius 2 is 1.90 bits per heavy atom. The number of carbonyl (C=O) groups is 4. The van der Waals surface area contributed by atoms with E-state index in [1.54, 1.807) is 35.2 Å². The number of hydrogen-bond acceptors (Lipinski definition) is 8. The highest BCUT2D eigenvalue weighted by Gasteiger charge is 2.54. The summed E-state index contributed by atoms with van der Waals surface area (Å²) in [6.45, 7) is 0.953. The van der Waals surface area contributed by atoms with Crippen LogP contribution in [0.5, 0.6) is 0 Å². The molecule has 15 heteroatoms. The number of aliphatic carboxylic acids is 1. The molecule has 1 fully saturated rings. The number of rotatable bonds is 12. The largest absolute Gasteiger partial charge is 0.477 e. The van der Waals surface area contributed by atoms with Gasteiger partial charge in [0.25, 0.3) is 11.8 Å². The molecule has 212 valence electrons. The van der Waals surface area contributed by atoms with Crippen molar-refractivity contribution >= 4 is 82.2 Å². The molecule has 0 unspecified atom stereocenters. The Bertz CT molecular complexity index is 1340. The number of amides is 3. The van der Waals surface area contributed by atoms with Gasteiger partial charge in [0.05, 0.1) is 10.8 Å². The average Bonchev–Trinajstić information content (AvgIpc) is 2.94. The van der Waals surface area contributed by atoms with Gasteiger partial charge in [-0.15, -0.1) is 35.3 Å². The Labute approximate surface area is 253 Å². The molecule has 1 aromatic heterocycles. The molecule has 1 saturated heterocycles. The predicted molar refractivity (Wildman–Crippen MR) is 156 cm³/mol. The first-order valence-corrected chi connectivity index (χ1v) is 15.8. The van der Waals surface area contributed by atoms with Crippen LogP contribution in [0.4, 0.5) is 0 Å². The van der Waals surface area contributed by atoms with E-state index in [1.807, 2.05) is 12.1 Å². The van der Waals surface area contributed by atoms with Crippen molar-refractivity contribution in [1.29, 1.82) is 0 Å². The highest BCUT2D eigenvalue weighted by molar-refractivity contribution is 8.01. The molecule has 5 N–H and O–H groups in total. The fourth-order valence-corrected chi connectivity index (χ4v) is 7.66. The molecule has 0 spiro atoms. The van der Waals surface area contributed by atoms with E-state index < -0.39 is 23.3 Å². The maximum Gasteiger partial charge on any atom is 0.352 e. The van der Waals surface area contributed by atoms with Crippen LogP contribution in [0.15, 0.2) is 63.8 Å². The number of fused-ring (bicyclic) bond motifs is 1. The van der Waals surface area contributed by atoms with Crippen LogP contribution in [0.2, 0.25) is 10.0 Å². The zero-order valence-electron chi connectivity index (χ0n) is 21.0. The van der Waals surface area contributed by atoms with Gasteiger partial charge in [-0.1, -0.05) is 23.2 Å². The fraction of sp³-hybridized carbons (Fsp3) is 0.320. The van der Waals surface area contributed by atoms with E-state index in [0.29, 0.717) is 45.1 Å². The van der Waals surface area contributed by atoms with Crippen molar-refractivity contribution < 1.29 is 28.9 Å². The number of nitrogens with two attached hydrogens (primary N) is 1. The second kappa shape index (κ2) is 14.0. The van der Waals surface area contributed by atoms with Gasteiger partial charge in [-0.25, -0.2) is 4.79 Å². The number of β-lactam (4-membered cyclic amide) rings is 1. The van der Waals surface area contributed by atoms with E-state index in [4.69, 9.17) is 28.9 Å². The van der Waals surface area contributed by atoms with Crippen molar-refractivity contribution in [2.24, 2.45) is 5.73 Å². The number of nitrogens with zero attached hydrogens (tertiary/aromatic N) is 2. The van der Waals surface area contributed by atoms with Crippen LogP contribution in [-0.2, 0) is 25.7 Å². The van der Waals surface area contributed by atoms with Crippen molar-refractivity contribution in [3.05, 3.63) is 64.0 Å². The van der Waals surface area contributed by atoms with Crippen molar-refractivity contribution in [3.8, 4) is 0 Å². The molecule has 3 amide bonds. The van der Waals surface area contributed by atoms with E-state index in [2.05, 4.69) is 10.6 Å². The van der Waals surface area contributed by atoms with Crippen LogP contribution in [0.3, 0.4) is 0 Å². The van der Waals surface area contributed by atoms with Crippen molar-refractivity contribution in [2.75, 3.05) is 30.3 Å². The lowest BCUT2D eigenvalue weighted by Gasteiger charge is -2.49. The Morgan fingerprint density at radius 3 is 2.60 bits per heavy atom. The highest BCUT2D eigenvalue weighted by atomic mass is 35.5. The molecular formula is C25H26Cl2N5O5S3+. The van der Waals surface area contributed by atoms with E-state index >= 15 is 0 Å². The van der Waals surface area contributed by atoms with Gasteiger partial charge in [0.2, 0.25) is 12.5 Å². The summed E-state index contributed by atoms with van der Waals surface area (Å²) in [5, 5.41) is 15.8. The molecule has 10 nitrogen and oxygen atoms in total. The lowest BCUT2D eigenvalue weighted by Crippen LogP contribution is -2.70. The number of pyridine rings is 1. The summed E-state index contributed by atoms with van der Waals surface area (Å²) < 4.78 is 1.73. The number of thioether (sulfide) groups is 3. The second-order valence-electron chi connectivity index (χ2n) is 8.71. The first-order chi connectivity index (χ1) is 19.2. The van der Waals surface area contributed by atoms with Crippen LogP contribution >= 0.6 is 58.5 Å². The number of benzene rings is 1. The Kier molecular flexibility index (Phi) is 10.7. The molecular weight excluding hydrogens is 617 g/mol. The van der Waals surface area contributed by atoms with Gasteiger partial charge in [-0.05, 0) is 23.8 Å². The van der Waals surface area contributed by atoms with Crippen LogP contribution in [-0.4, -0.2) is 75.5 Å². The molecule has 0 saturated carbocycles. The Balaban J connectivity index is 1.33. The fourth-order valence-electron chi connectivity index (χ4n) is 3.99. The maximum atomic E-state index is 12.9. The lowest BCUT2D eigenvalue weighted by atomic mass is 10.0. The van der Waals surface area contributed by atoms with Crippen molar-refractivity contribution in [2.45, 2.75) is 27.8 Å². The number of carboxylic acid groups (broad SMARTS) is 1. The molecule has 0 radical (unpaired) electrons. The SMILES string of the molecule is NCCNC(=O)C[n+]1ccc(SCC2=C(C(=O)O)N3C(=O)[C@H](NC(=O)CSc4cc(Cl)ccc4Cl)[C@H]3SC2)cc1. The van der Waals surface area contributed by atoms with Gasteiger partial charge in [-0.2, -0.15) is 4.57 Å². The molecule has 0 aliphatic carbocycles. The number of hydrogen-bond donors (Lipinski definition) is 4. The molecule has 2 aliphatic heterocycles. The van der Waals surface area contributed by atoms with E-state index in [-0.39, 0.29) is 29.8 Å². The Hall–Kier alpha value is -2.42. The smallest absolute Gasteiger partial charge is 0.352 e. The third kappa shape index (κ3) is 7.45. The third-order valence-electron chi connectivity index (χ3n) is 5.88. The predicted octanol–water partition coefficient (Wildman–Crippen LogP) is 1.98. The van der Waals surface area contributed by atoms with Crippen LogP contribution in [0.1, 0.15) is 0 Å². The third-order valence-corrected chi connectivity index (χ3v) is 10.1. The monoisotopic (exact) mass is 642 g/mol. The number of halogens is 2. The zero-order valence-corrected chi connectivity index (χ0v) is 24.9. The zero-order chi connectivity index (χ0) is 28.8. The number of carbonyl (C=O) groups excluding carboxylic acids is 3. The summed E-state index contributed by atoms with van der Waals surface area (Å²) in [5.41, 5.74) is 5.98. The number of nitrogens with one attached hydrogen (secondary N) is 2. The first-order valence-electron chi connectivity index (χ1n) is 12.0. The van der Waals surface area contributed by atoms with Crippen molar-refractivity contribution in [3.63, 3.8) is 0 Å².